The van der Waals surface area contributed by atoms with Crippen molar-refractivity contribution in [2.75, 3.05) is 6.61 Å². The Kier molecular flexibility index (Phi) is 10.5. The highest BCUT2D eigenvalue weighted by molar-refractivity contribution is 5.70. The second-order valence-corrected chi connectivity index (χ2v) is 9.37. The van der Waals surface area contributed by atoms with Crippen LogP contribution in [0.4, 0.5) is 0 Å². The zero-order chi connectivity index (χ0) is 27.3. The Morgan fingerprint density at radius 2 is 1.21 bits per heavy atom. The van der Waals surface area contributed by atoms with Gasteiger partial charge >= 0.3 is 5.97 Å². The van der Waals surface area contributed by atoms with Crippen molar-refractivity contribution < 1.29 is 29.1 Å². The summed E-state index contributed by atoms with van der Waals surface area (Å²) in [7, 11) is 0. The zero-order valence-electron chi connectivity index (χ0n) is 22.1. The molecule has 0 aliphatic carbocycles. The van der Waals surface area contributed by atoms with E-state index in [4.69, 9.17) is 14.2 Å². The van der Waals surface area contributed by atoms with E-state index in [0.717, 1.165) is 33.8 Å². The second-order valence-electron chi connectivity index (χ2n) is 9.37. The largest absolute Gasteiger partial charge is 0.489 e. The van der Waals surface area contributed by atoms with E-state index in [9.17, 15) is 10.1 Å². The summed E-state index contributed by atoms with van der Waals surface area (Å²) in [6, 6.07) is 35.3. The van der Waals surface area contributed by atoms with Gasteiger partial charge in [0.25, 0.3) is 0 Å². The van der Waals surface area contributed by atoms with Crippen LogP contribution in [0, 0.1) is 0 Å². The van der Waals surface area contributed by atoms with Crippen molar-refractivity contribution in [1.82, 2.24) is 0 Å². The lowest BCUT2D eigenvalue weighted by Gasteiger charge is -2.21. The maximum absolute atomic E-state index is 12.4. The van der Waals surface area contributed by atoms with Gasteiger partial charge in [-0.3, -0.25) is 10.1 Å². The minimum Gasteiger partial charge on any atom is -0.489 e. The predicted molar refractivity (Wildman–Crippen MR) is 150 cm³/mol. The molecule has 202 valence electrons. The Morgan fingerprint density at radius 3 is 1.72 bits per heavy atom. The lowest BCUT2D eigenvalue weighted by atomic mass is 9.93. The molecule has 4 rings (SSSR count). The van der Waals surface area contributed by atoms with Crippen molar-refractivity contribution in [1.29, 1.82) is 0 Å². The normalized spacial score (nSPS) is 12.4. The highest BCUT2D eigenvalue weighted by atomic mass is 17.1. The van der Waals surface area contributed by atoms with Crippen LogP contribution < -0.4 is 9.47 Å². The van der Waals surface area contributed by atoms with Gasteiger partial charge in [0.1, 0.15) is 30.8 Å². The lowest BCUT2D eigenvalue weighted by molar-refractivity contribution is -0.283. The molecule has 0 saturated carbocycles. The topological polar surface area (TPSA) is 74.2 Å². The monoisotopic (exact) mass is 526 g/mol. The van der Waals surface area contributed by atoms with Crippen molar-refractivity contribution in [3.05, 3.63) is 131 Å². The van der Waals surface area contributed by atoms with Gasteiger partial charge in [-0.25, -0.2) is 4.89 Å². The van der Waals surface area contributed by atoms with E-state index in [1.807, 2.05) is 116 Å². The third kappa shape index (κ3) is 8.99. The molecule has 0 aliphatic rings. The van der Waals surface area contributed by atoms with Gasteiger partial charge in [-0.2, -0.15) is 0 Å². The van der Waals surface area contributed by atoms with Crippen LogP contribution >= 0.6 is 0 Å². The fraction of sp³-hybridized carbons (Fsp3) is 0.242. The molecule has 6 nitrogen and oxygen atoms in total. The quantitative estimate of drug-likeness (QED) is 0.109. The molecule has 2 atom stereocenters. The summed E-state index contributed by atoms with van der Waals surface area (Å²) >= 11 is 0. The van der Waals surface area contributed by atoms with Crippen molar-refractivity contribution in [2.24, 2.45) is 0 Å². The molecule has 1 N–H and O–H groups in total. The van der Waals surface area contributed by atoms with E-state index in [2.05, 4.69) is 4.89 Å². The van der Waals surface area contributed by atoms with Crippen molar-refractivity contribution in [2.45, 2.75) is 45.0 Å². The number of carbonyl (C=O) groups is 1. The molecular weight excluding hydrogens is 492 g/mol. The molecule has 6 heteroatoms. The van der Waals surface area contributed by atoms with Gasteiger partial charge in [-0.1, -0.05) is 91.9 Å². The van der Waals surface area contributed by atoms with Crippen molar-refractivity contribution in [3.8, 4) is 11.5 Å². The molecule has 0 aromatic heterocycles. The molecule has 2 unspecified atom stereocenters. The van der Waals surface area contributed by atoms with Crippen molar-refractivity contribution >= 4 is 5.97 Å². The molecule has 0 aliphatic heterocycles. The molecular formula is C33H34O6. The smallest absolute Gasteiger partial charge is 0.308 e. The maximum atomic E-state index is 12.4. The predicted octanol–water partition coefficient (Wildman–Crippen LogP) is 6.98. The number of benzene rings is 4. The van der Waals surface area contributed by atoms with Crippen LogP contribution in [0.3, 0.4) is 0 Å². The van der Waals surface area contributed by atoms with Crippen LogP contribution in [0.25, 0.3) is 0 Å². The SMILES string of the molecule is CC(c1ccc(OCc2ccccc2)cc1)C(CC(=O)OCCc1ccc(OCc2ccccc2)cc1)OO. The fourth-order valence-corrected chi connectivity index (χ4v) is 4.13. The van der Waals surface area contributed by atoms with E-state index < -0.39 is 12.1 Å². The molecule has 0 amide bonds. The maximum Gasteiger partial charge on any atom is 0.308 e. The fourth-order valence-electron chi connectivity index (χ4n) is 4.13. The van der Waals surface area contributed by atoms with Gasteiger partial charge < -0.3 is 14.2 Å². The molecule has 0 radical (unpaired) electrons. The summed E-state index contributed by atoms with van der Waals surface area (Å²) in [4.78, 5) is 17.1. The molecule has 39 heavy (non-hydrogen) atoms. The van der Waals surface area contributed by atoms with Gasteiger partial charge in [0.2, 0.25) is 0 Å². The zero-order valence-corrected chi connectivity index (χ0v) is 22.1. The first-order valence-corrected chi connectivity index (χ1v) is 13.1. The molecule has 0 heterocycles. The van der Waals surface area contributed by atoms with Crippen LogP contribution in [0.2, 0.25) is 0 Å². The number of rotatable bonds is 14. The van der Waals surface area contributed by atoms with E-state index in [1.165, 1.54) is 0 Å². The van der Waals surface area contributed by atoms with Crippen LogP contribution in [0.15, 0.2) is 109 Å². The van der Waals surface area contributed by atoms with Gasteiger partial charge in [0.05, 0.1) is 13.0 Å². The minimum absolute atomic E-state index is 0.0593. The molecule has 4 aromatic rings. The highest BCUT2D eigenvalue weighted by Crippen LogP contribution is 2.26. The van der Waals surface area contributed by atoms with Crippen molar-refractivity contribution in [3.63, 3.8) is 0 Å². The van der Waals surface area contributed by atoms with E-state index in [1.54, 1.807) is 0 Å². The third-order valence-corrected chi connectivity index (χ3v) is 6.54. The van der Waals surface area contributed by atoms with E-state index >= 15 is 0 Å². The summed E-state index contributed by atoms with van der Waals surface area (Å²) in [5, 5.41) is 9.47. The average Bonchev–Trinajstić information content (AvgIpc) is 2.99. The van der Waals surface area contributed by atoms with E-state index in [0.29, 0.717) is 19.6 Å². The van der Waals surface area contributed by atoms with Gasteiger partial charge in [0.15, 0.2) is 0 Å². The first-order chi connectivity index (χ1) is 19.1. The number of hydrogen-bond acceptors (Lipinski definition) is 6. The Hall–Kier alpha value is -4.13. The molecule has 0 spiro atoms. The standard InChI is InChI=1S/C33H34O6/c1-25(29-14-18-31(19-15-29)38-24-28-10-6-3-7-11-28)32(39-35)22-33(34)36-21-20-26-12-16-30(17-13-26)37-23-27-8-4-2-5-9-27/h2-19,25,32,35H,20-24H2,1H3. The Balaban J connectivity index is 1.18. The molecule has 0 fully saturated rings. The number of ether oxygens (including phenoxy) is 3. The highest BCUT2D eigenvalue weighted by Gasteiger charge is 2.24. The summed E-state index contributed by atoms with van der Waals surface area (Å²) in [5.74, 6) is 0.875. The number of esters is 1. The summed E-state index contributed by atoms with van der Waals surface area (Å²) < 4.78 is 17.1. The van der Waals surface area contributed by atoms with Crippen LogP contribution in [0.1, 0.15) is 41.5 Å². The van der Waals surface area contributed by atoms with E-state index in [-0.39, 0.29) is 18.9 Å². The van der Waals surface area contributed by atoms with Gasteiger partial charge in [0, 0.05) is 12.3 Å². The Labute approximate surface area is 229 Å². The van der Waals surface area contributed by atoms with Crippen LogP contribution in [-0.4, -0.2) is 23.9 Å². The summed E-state index contributed by atoms with van der Waals surface area (Å²) in [6.45, 7) is 3.13. The van der Waals surface area contributed by atoms with Gasteiger partial charge in [-0.15, -0.1) is 0 Å². The number of hydrogen-bond donors (Lipinski definition) is 1. The Bertz CT molecular complexity index is 1260. The first-order valence-electron chi connectivity index (χ1n) is 13.1. The summed E-state index contributed by atoms with van der Waals surface area (Å²) in [6.07, 6.45) is -0.208. The third-order valence-electron chi connectivity index (χ3n) is 6.54. The lowest BCUT2D eigenvalue weighted by Crippen LogP contribution is -2.24. The average molecular weight is 527 g/mol. The second kappa shape index (κ2) is 14.7. The molecule has 4 aromatic carbocycles. The first kappa shape index (κ1) is 27.9. The van der Waals surface area contributed by atoms with Crippen LogP contribution in [-0.2, 0) is 34.1 Å². The molecule has 0 saturated heterocycles. The minimum atomic E-state index is -0.727. The van der Waals surface area contributed by atoms with Crippen LogP contribution in [0.5, 0.6) is 11.5 Å². The number of carbonyl (C=O) groups excluding carboxylic acids is 1. The van der Waals surface area contributed by atoms with Gasteiger partial charge in [-0.05, 0) is 46.5 Å². The Morgan fingerprint density at radius 1 is 0.692 bits per heavy atom. The molecule has 0 bridgehead atoms. The summed E-state index contributed by atoms with van der Waals surface area (Å²) in [5.41, 5.74) is 4.15.